The van der Waals surface area contributed by atoms with Crippen molar-refractivity contribution >= 4 is 23.5 Å². The zero-order valence-electron chi connectivity index (χ0n) is 13.4. The van der Waals surface area contributed by atoms with Crippen LogP contribution in [0, 0.1) is 12.7 Å². The second-order valence-electron chi connectivity index (χ2n) is 5.00. The number of aryl methyl sites for hydroxylation is 1. The van der Waals surface area contributed by atoms with Crippen molar-refractivity contribution in [2.24, 2.45) is 0 Å². The Bertz CT molecular complexity index is 706. The number of amides is 1. The molecule has 2 rings (SSSR count). The first-order valence-electron chi connectivity index (χ1n) is 7.40. The van der Waals surface area contributed by atoms with Crippen molar-refractivity contribution in [3.8, 4) is 0 Å². The summed E-state index contributed by atoms with van der Waals surface area (Å²) in [5.74, 6) is 1.05. The number of rotatable bonds is 6. The molecule has 4 nitrogen and oxygen atoms in total. The molecule has 0 aliphatic heterocycles. The predicted molar refractivity (Wildman–Crippen MR) is 92.5 cm³/mol. The molecule has 0 aliphatic rings. The van der Waals surface area contributed by atoms with Crippen LogP contribution in [-0.4, -0.2) is 23.7 Å². The molecule has 1 aromatic carbocycles. The normalized spacial score (nSPS) is 10.4. The van der Waals surface area contributed by atoms with E-state index in [-0.39, 0.29) is 18.3 Å². The third kappa shape index (κ3) is 4.45. The molecular formula is C17H20FN3OS. The first-order chi connectivity index (χ1) is 11.0. The lowest BCUT2D eigenvalue weighted by atomic mass is 10.1. The van der Waals surface area contributed by atoms with E-state index in [9.17, 15) is 9.18 Å². The van der Waals surface area contributed by atoms with Gasteiger partial charge in [0.25, 0.3) is 5.91 Å². The summed E-state index contributed by atoms with van der Waals surface area (Å²) in [4.78, 5) is 17.0. The minimum Gasteiger partial charge on any atom is -0.373 e. The van der Waals surface area contributed by atoms with Crippen LogP contribution in [0.25, 0.3) is 0 Å². The molecule has 0 aliphatic carbocycles. The summed E-state index contributed by atoms with van der Waals surface area (Å²) in [6.45, 7) is 4.18. The molecule has 1 aromatic heterocycles. The molecule has 0 spiro atoms. The smallest absolute Gasteiger partial charge is 0.254 e. The van der Waals surface area contributed by atoms with Crippen LogP contribution in [0.5, 0.6) is 0 Å². The molecule has 1 heterocycles. The molecule has 2 aromatic rings. The van der Waals surface area contributed by atoms with E-state index in [1.807, 2.05) is 19.9 Å². The molecule has 1 amide bonds. The Kier molecular flexibility index (Phi) is 5.98. The lowest BCUT2D eigenvalue weighted by Crippen LogP contribution is -2.25. The maximum atomic E-state index is 13.2. The molecular weight excluding hydrogens is 313 g/mol. The zero-order chi connectivity index (χ0) is 16.8. The average molecular weight is 333 g/mol. The number of nitrogens with zero attached hydrogens (tertiary/aromatic N) is 1. The number of anilines is 1. The molecule has 0 bridgehead atoms. The predicted octanol–water partition coefficient (Wildman–Crippen LogP) is 3.61. The van der Waals surface area contributed by atoms with Crippen molar-refractivity contribution < 1.29 is 9.18 Å². The number of nitrogens with one attached hydrogen (secondary N) is 2. The van der Waals surface area contributed by atoms with E-state index in [0.29, 0.717) is 10.6 Å². The van der Waals surface area contributed by atoms with E-state index in [1.54, 1.807) is 19.2 Å². The van der Waals surface area contributed by atoms with Crippen LogP contribution in [0.3, 0.4) is 0 Å². The first-order valence-corrected chi connectivity index (χ1v) is 8.38. The minimum absolute atomic E-state index is 0.196. The molecule has 0 unspecified atom stereocenters. The number of halogens is 1. The van der Waals surface area contributed by atoms with Crippen LogP contribution >= 0.6 is 11.8 Å². The topological polar surface area (TPSA) is 54.0 Å². The molecule has 122 valence electrons. The van der Waals surface area contributed by atoms with Crippen molar-refractivity contribution in [2.45, 2.75) is 25.4 Å². The van der Waals surface area contributed by atoms with E-state index < -0.39 is 0 Å². The number of carbonyl (C=O) groups excluding carboxylic acids is 1. The first kappa shape index (κ1) is 17.3. The van der Waals surface area contributed by atoms with Gasteiger partial charge in [-0.25, -0.2) is 9.37 Å². The molecule has 0 saturated heterocycles. The Morgan fingerprint density at radius 2 is 2.13 bits per heavy atom. The third-order valence-corrected chi connectivity index (χ3v) is 4.15. The van der Waals surface area contributed by atoms with Crippen LogP contribution in [0.2, 0.25) is 0 Å². The van der Waals surface area contributed by atoms with Crippen LogP contribution in [-0.2, 0) is 6.54 Å². The van der Waals surface area contributed by atoms with Gasteiger partial charge in [0, 0.05) is 13.6 Å². The summed E-state index contributed by atoms with van der Waals surface area (Å²) in [6.07, 6.45) is 0. The lowest BCUT2D eigenvalue weighted by molar-refractivity contribution is 0.0946. The molecule has 0 fully saturated rings. The van der Waals surface area contributed by atoms with Gasteiger partial charge in [0.15, 0.2) is 0 Å². The van der Waals surface area contributed by atoms with Gasteiger partial charge in [-0.3, -0.25) is 4.79 Å². The molecule has 2 N–H and O–H groups in total. The van der Waals surface area contributed by atoms with Crippen LogP contribution in [0.4, 0.5) is 10.2 Å². The number of pyridine rings is 1. The lowest BCUT2D eigenvalue weighted by Gasteiger charge is -2.13. The summed E-state index contributed by atoms with van der Waals surface area (Å²) in [5, 5.41) is 6.54. The van der Waals surface area contributed by atoms with Gasteiger partial charge >= 0.3 is 0 Å². The number of aromatic nitrogens is 1. The second-order valence-corrected chi connectivity index (χ2v) is 6.25. The minimum atomic E-state index is -0.310. The molecule has 0 radical (unpaired) electrons. The van der Waals surface area contributed by atoms with E-state index in [0.717, 1.165) is 22.7 Å². The van der Waals surface area contributed by atoms with Crippen LogP contribution < -0.4 is 10.6 Å². The number of hydrogen-bond donors (Lipinski definition) is 2. The molecule has 0 atom stereocenters. The maximum Gasteiger partial charge on any atom is 0.254 e. The SMILES string of the molecule is CCSc1nc(NC)cc(C)c1C(=O)NCc1cccc(F)c1. The number of benzene rings is 1. The molecule has 6 heteroatoms. The Balaban J connectivity index is 2.21. The summed E-state index contributed by atoms with van der Waals surface area (Å²) >= 11 is 1.53. The summed E-state index contributed by atoms with van der Waals surface area (Å²) < 4.78 is 13.2. The van der Waals surface area contributed by atoms with E-state index in [2.05, 4.69) is 15.6 Å². The van der Waals surface area contributed by atoms with Gasteiger partial charge in [-0.15, -0.1) is 11.8 Å². The van der Waals surface area contributed by atoms with Crippen LogP contribution in [0.1, 0.15) is 28.4 Å². The van der Waals surface area contributed by atoms with Gasteiger partial charge in [-0.05, 0) is 42.0 Å². The average Bonchev–Trinajstić information content (AvgIpc) is 2.52. The summed E-state index contributed by atoms with van der Waals surface area (Å²) in [7, 11) is 1.80. The number of carbonyl (C=O) groups is 1. The maximum absolute atomic E-state index is 13.2. The fourth-order valence-electron chi connectivity index (χ4n) is 2.21. The van der Waals surface area contributed by atoms with Crippen molar-refractivity contribution in [2.75, 3.05) is 18.1 Å². The quantitative estimate of drug-likeness (QED) is 0.793. The highest BCUT2D eigenvalue weighted by atomic mass is 32.2. The van der Waals surface area contributed by atoms with Gasteiger partial charge in [-0.2, -0.15) is 0 Å². The Hall–Kier alpha value is -2.08. The van der Waals surface area contributed by atoms with Gasteiger partial charge < -0.3 is 10.6 Å². The zero-order valence-corrected chi connectivity index (χ0v) is 14.3. The van der Waals surface area contributed by atoms with Crippen molar-refractivity contribution in [3.63, 3.8) is 0 Å². The molecule has 0 saturated carbocycles. The summed E-state index contributed by atoms with van der Waals surface area (Å²) in [5.41, 5.74) is 2.16. The van der Waals surface area contributed by atoms with E-state index in [4.69, 9.17) is 0 Å². The summed E-state index contributed by atoms with van der Waals surface area (Å²) in [6, 6.07) is 8.05. The third-order valence-electron chi connectivity index (χ3n) is 3.29. The van der Waals surface area contributed by atoms with Gasteiger partial charge in [0.2, 0.25) is 0 Å². The largest absolute Gasteiger partial charge is 0.373 e. The number of thioether (sulfide) groups is 1. The van der Waals surface area contributed by atoms with Crippen molar-refractivity contribution in [3.05, 3.63) is 52.8 Å². The van der Waals surface area contributed by atoms with Gasteiger partial charge in [-0.1, -0.05) is 19.1 Å². The highest BCUT2D eigenvalue weighted by Gasteiger charge is 2.17. The highest BCUT2D eigenvalue weighted by Crippen LogP contribution is 2.25. The Morgan fingerprint density at radius 1 is 1.35 bits per heavy atom. The van der Waals surface area contributed by atoms with Crippen LogP contribution in [0.15, 0.2) is 35.4 Å². The van der Waals surface area contributed by atoms with E-state index in [1.165, 1.54) is 23.9 Å². The van der Waals surface area contributed by atoms with Crippen molar-refractivity contribution in [1.82, 2.24) is 10.3 Å². The second kappa shape index (κ2) is 7.97. The van der Waals surface area contributed by atoms with Gasteiger partial charge in [0.1, 0.15) is 16.7 Å². The van der Waals surface area contributed by atoms with Crippen molar-refractivity contribution in [1.29, 1.82) is 0 Å². The highest BCUT2D eigenvalue weighted by molar-refractivity contribution is 7.99. The van der Waals surface area contributed by atoms with Gasteiger partial charge in [0.05, 0.1) is 5.56 Å². The monoisotopic (exact) mass is 333 g/mol. The standard InChI is InChI=1S/C17H20FN3OS/c1-4-23-17-15(11(2)8-14(19-3)21-17)16(22)20-10-12-6-5-7-13(18)9-12/h5-9H,4,10H2,1-3H3,(H,19,21)(H,20,22). The Morgan fingerprint density at radius 3 is 2.78 bits per heavy atom. The molecule has 23 heavy (non-hydrogen) atoms. The van der Waals surface area contributed by atoms with E-state index >= 15 is 0 Å². The fourth-order valence-corrected chi connectivity index (χ4v) is 3.04. The fraction of sp³-hybridized carbons (Fsp3) is 0.294. The number of hydrogen-bond acceptors (Lipinski definition) is 4. The Labute approximate surface area is 139 Å².